The number of aromatic nitrogens is 5. The second-order valence-electron chi connectivity index (χ2n) is 7.13. The summed E-state index contributed by atoms with van der Waals surface area (Å²) in [5.74, 6) is 1.72. The number of benzene rings is 1. The number of aryl methyl sites for hydroxylation is 1. The maximum absolute atomic E-state index is 11.4. The van der Waals surface area contributed by atoms with Gasteiger partial charge in [-0.2, -0.15) is 4.68 Å². The van der Waals surface area contributed by atoms with Crippen LogP contribution in [0.5, 0.6) is 5.75 Å². The number of carbonyl (C=O) groups is 1. The van der Waals surface area contributed by atoms with Gasteiger partial charge in [-0.1, -0.05) is 5.21 Å². The Kier molecular flexibility index (Phi) is 4.47. The van der Waals surface area contributed by atoms with Crippen LogP contribution in [0.15, 0.2) is 24.4 Å². The van der Waals surface area contributed by atoms with E-state index >= 15 is 0 Å². The number of fused-ring (bicyclic) bond motifs is 1. The molecule has 140 valence electrons. The largest absolute Gasteiger partial charge is 0.496 e. The molecule has 0 saturated heterocycles. The van der Waals surface area contributed by atoms with Crippen LogP contribution in [0.1, 0.15) is 30.7 Å². The number of ether oxygens (including phenoxy) is 1. The summed E-state index contributed by atoms with van der Waals surface area (Å²) in [6.07, 6.45) is 5.08. The summed E-state index contributed by atoms with van der Waals surface area (Å²) in [6.45, 7) is 1.98. The Morgan fingerprint density at radius 1 is 1.37 bits per heavy atom. The maximum atomic E-state index is 11.4. The fourth-order valence-corrected chi connectivity index (χ4v) is 3.81. The van der Waals surface area contributed by atoms with Crippen LogP contribution in [0.2, 0.25) is 0 Å². The van der Waals surface area contributed by atoms with Crippen LogP contribution >= 0.6 is 0 Å². The van der Waals surface area contributed by atoms with E-state index in [4.69, 9.17) is 15.5 Å². The van der Waals surface area contributed by atoms with E-state index in [1.807, 2.05) is 25.1 Å². The van der Waals surface area contributed by atoms with Gasteiger partial charge in [-0.3, -0.25) is 4.79 Å². The molecule has 1 aliphatic carbocycles. The van der Waals surface area contributed by atoms with Gasteiger partial charge in [0.25, 0.3) is 0 Å². The van der Waals surface area contributed by atoms with E-state index < -0.39 is 0 Å². The van der Waals surface area contributed by atoms with E-state index in [0.717, 1.165) is 48.5 Å². The van der Waals surface area contributed by atoms with Gasteiger partial charge in [0.05, 0.1) is 19.0 Å². The van der Waals surface area contributed by atoms with E-state index in [2.05, 4.69) is 15.3 Å². The van der Waals surface area contributed by atoms with E-state index in [0.29, 0.717) is 17.1 Å². The Morgan fingerprint density at radius 3 is 2.93 bits per heavy atom. The lowest BCUT2D eigenvalue weighted by atomic mass is 10.0. The number of carbonyl (C=O) groups excluding carboxylic acids is 1. The molecule has 1 aliphatic rings. The predicted octanol–water partition coefficient (Wildman–Crippen LogP) is 1.97. The number of methoxy groups -OCH3 is 1. The van der Waals surface area contributed by atoms with Crippen LogP contribution in [0.4, 0.5) is 0 Å². The van der Waals surface area contributed by atoms with Crippen LogP contribution < -0.4 is 10.5 Å². The molecule has 1 amide bonds. The number of primary amides is 1. The molecule has 2 N–H and O–H groups in total. The molecule has 0 aliphatic heterocycles. The highest BCUT2D eigenvalue weighted by molar-refractivity contribution is 5.76. The molecule has 0 unspecified atom stereocenters. The minimum atomic E-state index is -0.203. The van der Waals surface area contributed by atoms with Crippen LogP contribution in [0, 0.1) is 18.8 Å². The molecule has 3 aromatic rings. The molecule has 1 fully saturated rings. The fourth-order valence-electron chi connectivity index (χ4n) is 3.81. The molecule has 0 radical (unpaired) electrons. The number of amides is 1. The fraction of sp³-hybridized carbons (Fsp3) is 0.421. The van der Waals surface area contributed by atoms with E-state index in [1.54, 1.807) is 18.0 Å². The summed E-state index contributed by atoms with van der Waals surface area (Å²) in [6, 6.07) is 5.82. The molecule has 1 saturated carbocycles. The molecule has 8 heteroatoms. The summed E-state index contributed by atoms with van der Waals surface area (Å²) >= 11 is 0. The molecule has 2 heterocycles. The van der Waals surface area contributed by atoms with Gasteiger partial charge in [-0.25, -0.2) is 9.97 Å². The van der Waals surface area contributed by atoms with Gasteiger partial charge in [0.2, 0.25) is 5.91 Å². The van der Waals surface area contributed by atoms with Crippen molar-refractivity contribution in [2.75, 3.05) is 7.11 Å². The third-order valence-electron chi connectivity index (χ3n) is 5.28. The van der Waals surface area contributed by atoms with Crippen molar-refractivity contribution in [3.05, 3.63) is 35.8 Å². The van der Waals surface area contributed by atoms with Gasteiger partial charge in [0.1, 0.15) is 11.6 Å². The lowest BCUT2D eigenvalue weighted by molar-refractivity contribution is -0.121. The van der Waals surface area contributed by atoms with Gasteiger partial charge < -0.3 is 10.5 Å². The van der Waals surface area contributed by atoms with Crippen molar-refractivity contribution in [1.82, 2.24) is 25.0 Å². The monoisotopic (exact) mass is 366 g/mol. The first-order valence-electron chi connectivity index (χ1n) is 9.07. The predicted molar refractivity (Wildman–Crippen MR) is 99.5 cm³/mol. The molecule has 2 atom stereocenters. The van der Waals surface area contributed by atoms with Crippen molar-refractivity contribution in [3.8, 4) is 11.4 Å². The molecule has 27 heavy (non-hydrogen) atoms. The standard InChI is InChI=1S/C19H22N6O2/c1-11-7-14(5-6-16(11)27-2)25-19-15(23-24-25)10-21-17(22-19)9-12-3-4-13(8-12)18(20)26/h5-7,10,12-13H,3-4,8-9H2,1-2H3,(H2,20,26)/t12-,13-/m1/s1. The van der Waals surface area contributed by atoms with E-state index in [1.165, 1.54) is 0 Å². The quantitative estimate of drug-likeness (QED) is 0.739. The Balaban J connectivity index is 1.62. The molecule has 2 aromatic heterocycles. The van der Waals surface area contributed by atoms with E-state index in [-0.39, 0.29) is 11.8 Å². The topological polar surface area (TPSA) is 109 Å². The van der Waals surface area contributed by atoms with Crippen LogP contribution in [-0.4, -0.2) is 38.0 Å². The lowest BCUT2D eigenvalue weighted by Gasteiger charge is -2.09. The highest BCUT2D eigenvalue weighted by atomic mass is 16.5. The molecular formula is C19H22N6O2. The van der Waals surface area contributed by atoms with E-state index in [9.17, 15) is 4.79 Å². The number of nitrogens with zero attached hydrogens (tertiary/aromatic N) is 5. The molecular weight excluding hydrogens is 344 g/mol. The summed E-state index contributed by atoms with van der Waals surface area (Å²) in [7, 11) is 1.65. The summed E-state index contributed by atoms with van der Waals surface area (Å²) in [5.41, 5.74) is 8.63. The summed E-state index contributed by atoms with van der Waals surface area (Å²) < 4.78 is 7.04. The van der Waals surface area contributed by atoms with Crippen molar-refractivity contribution in [2.24, 2.45) is 17.6 Å². The maximum Gasteiger partial charge on any atom is 0.220 e. The minimum absolute atomic E-state index is 0.0202. The number of nitrogens with two attached hydrogens (primary N) is 1. The van der Waals surface area contributed by atoms with Crippen molar-refractivity contribution in [1.29, 1.82) is 0 Å². The van der Waals surface area contributed by atoms with Gasteiger partial charge in [0.15, 0.2) is 11.2 Å². The Labute approximate surface area is 156 Å². The molecule has 1 aromatic carbocycles. The second-order valence-corrected chi connectivity index (χ2v) is 7.13. The zero-order chi connectivity index (χ0) is 19.0. The normalized spacial score (nSPS) is 19.5. The van der Waals surface area contributed by atoms with Crippen molar-refractivity contribution >= 4 is 17.1 Å². The average Bonchev–Trinajstić information content (AvgIpc) is 3.28. The lowest BCUT2D eigenvalue weighted by Crippen LogP contribution is -2.21. The van der Waals surface area contributed by atoms with Crippen LogP contribution in [0.25, 0.3) is 16.9 Å². The Bertz CT molecular complexity index is 999. The minimum Gasteiger partial charge on any atom is -0.496 e. The number of hydrogen-bond acceptors (Lipinski definition) is 6. The van der Waals surface area contributed by atoms with Gasteiger partial charge in [0, 0.05) is 12.3 Å². The first-order chi connectivity index (χ1) is 13.0. The third-order valence-corrected chi connectivity index (χ3v) is 5.28. The van der Waals surface area contributed by atoms with Gasteiger partial charge in [-0.05, 0) is 55.9 Å². The Hall–Kier alpha value is -3.03. The van der Waals surface area contributed by atoms with Crippen LogP contribution in [-0.2, 0) is 11.2 Å². The Morgan fingerprint density at radius 2 is 2.22 bits per heavy atom. The third kappa shape index (κ3) is 3.34. The van der Waals surface area contributed by atoms with Crippen LogP contribution in [0.3, 0.4) is 0 Å². The second kappa shape index (κ2) is 6.94. The first kappa shape index (κ1) is 17.4. The highest BCUT2D eigenvalue weighted by Gasteiger charge is 2.29. The van der Waals surface area contributed by atoms with Gasteiger partial charge >= 0.3 is 0 Å². The molecule has 4 rings (SSSR count). The number of hydrogen-bond donors (Lipinski definition) is 1. The zero-order valence-electron chi connectivity index (χ0n) is 15.4. The molecule has 0 bridgehead atoms. The first-order valence-corrected chi connectivity index (χ1v) is 9.07. The SMILES string of the molecule is COc1ccc(-n2nnc3cnc(C[C@@H]4CC[C@@H](C(N)=O)C4)nc32)cc1C. The average molecular weight is 366 g/mol. The number of rotatable bonds is 5. The molecule has 0 spiro atoms. The van der Waals surface area contributed by atoms with Gasteiger partial charge in [-0.15, -0.1) is 5.10 Å². The van der Waals surface area contributed by atoms with Crippen molar-refractivity contribution in [2.45, 2.75) is 32.6 Å². The smallest absolute Gasteiger partial charge is 0.220 e. The highest BCUT2D eigenvalue weighted by Crippen LogP contribution is 2.32. The van der Waals surface area contributed by atoms with Crippen molar-refractivity contribution < 1.29 is 9.53 Å². The summed E-state index contributed by atoms with van der Waals surface area (Å²) in [4.78, 5) is 20.5. The molecule has 8 nitrogen and oxygen atoms in total. The zero-order valence-corrected chi connectivity index (χ0v) is 15.4. The van der Waals surface area contributed by atoms with Crippen molar-refractivity contribution in [3.63, 3.8) is 0 Å². The summed E-state index contributed by atoms with van der Waals surface area (Å²) in [5, 5.41) is 8.40.